The Balaban J connectivity index is 1.37. The van der Waals surface area contributed by atoms with Crippen LogP contribution in [0.4, 0.5) is 11.4 Å². The summed E-state index contributed by atoms with van der Waals surface area (Å²) in [4.78, 5) is 80.5. The number of fused-ring (bicyclic) bond motifs is 2. The van der Waals surface area contributed by atoms with Gasteiger partial charge in [-0.25, -0.2) is 9.80 Å². The highest BCUT2D eigenvalue weighted by atomic mass is 16.2. The Bertz CT molecular complexity index is 1690. The molecule has 2 heterocycles. The van der Waals surface area contributed by atoms with E-state index in [0.29, 0.717) is 23.2 Å². The zero-order valence-corrected chi connectivity index (χ0v) is 20.7. The number of amides is 4. The molecular weight excluding hydrogens is 496 g/mol. The van der Waals surface area contributed by atoms with Crippen molar-refractivity contribution < 1.29 is 28.8 Å². The molecule has 2 aliphatic heterocycles. The summed E-state index contributed by atoms with van der Waals surface area (Å²) in [5.74, 6) is -4.73. The van der Waals surface area contributed by atoms with Crippen LogP contribution in [0.5, 0.6) is 0 Å². The largest absolute Gasteiger partial charge is 0.303 e. The van der Waals surface area contributed by atoms with Gasteiger partial charge in [0.1, 0.15) is 6.29 Å². The Morgan fingerprint density at radius 3 is 1.72 bits per heavy atom. The van der Waals surface area contributed by atoms with Gasteiger partial charge >= 0.3 is 0 Å². The number of hydrogen-bond acceptors (Lipinski definition) is 6. The summed E-state index contributed by atoms with van der Waals surface area (Å²) in [7, 11) is 0. The first-order valence-electron chi connectivity index (χ1n) is 12.3. The molecule has 0 bridgehead atoms. The number of carbonyl (C=O) groups is 6. The monoisotopic (exact) mass is 516 g/mol. The maximum absolute atomic E-state index is 13.8. The summed E-state index contributed by atoms with van der Waals surface area (Å²) in [6.07, 6.45) is 3.30. The minimum atomic E-state index is -1.07. The van der Waals surface area contributed by atoms with Crippen molar-refractivity contribution in [2.24, 2.45) is 11.8 Å². The minimum absolute atomic E-state index is 0.0561. The zero-order chi connectivity index (χ0) is 27.4. The molecule has 2 unspecified atom stereocenters. The zero-order valence-electron chi connectivity index (χ0n) is 20.7. The molecule has 0 spiro atoms. The van der Waals surface area contributed by atoms with Crippen LogP contribution < -0.4 is 9.80 Å². The topological polar surface area (TPSA) is 109 Å². The quantitative estimate of drug-likeness (QED) is 0.290. The Morgan fingerprint density at radius 1 is 0.692 bits per heavy atom. The highest BCUT2D eigenvalue weighted by Gasteiger charge is 2.45. The number of ketones is 1. The number of carbonyl (C=O) groups excluding carboxylic acids is 6. The second-order valence-corrected chi connectivity index (χ2v) is 9.54. The SMILES string of the molecule is Cc1cc2c(cc1C(=O)C1C=C3C(=O)N(c4ccccc4)C(=O)C3=CC1C=O)C(=O)N(c1ccccc1)C2=O. The number of anilines is 2. The molecule has 6 rings (SSSR count). The molecule has 1 aliphatic carbocycles. The minimum Gasteiger partial charge on any atom is -0.303 e. The van der Waals surface area contributed by atoms with Gasteiger partial charge in [-0.3, -0.25) is 24.0 Å². The van der Waals surface area contributed by atoms with Gasteiger partial charge in [0.25, 0.3) is 23.6 Å². The molecule has 8 nitrogen and oxygen atoms in total. The molecule has 1 saturated heterocycles. The van der Waals surface area contributed by atoms with Crippen LogP contribution in [0.2, 0.25) is 0 Å². The van der Waals surface area contributed by atoms with Crippen molar-refractivity contribution in [3.8, 4) is 0 Å². The van der Waals surface area contributed by atoms with E-state index >= 15 is 0 Å². The molecule has 190 valence electrons. The molecule has 3 aliphatic rings. The van der Waals surface area contributed by atoms with Gasteiger partial charge in [-0.1, -0.05) is 48.6 Å². The van der Waals surface area contributed by atoms with Crippen molar-refractivity contribution in [1.29, 1.82) is 0 Å². The molecule has 3 aromatic rings. The lowest BCUT2D eigenvalue weighted by molar-refractivity contribution is -0.119. The first-order valence-corrected chi connectivity index (χ1v) is 12.3. The number of rotatable bonds is 5. The van der Waals surface area contributed by atoms with Gasteiger partial charge in [0.2, 0.25) is 0 Å². The number of benzene rings is 3. The number of imide groups is 2. The van der Waals surface area contributed by atoms with E-state index in [4.69, 9.17) is 0 Å². The van der Waals surface area contributed by atoms with Crippen LogP contribution in [-0.2, 0) is 14.4 Å². The number of hydrogen-bond donors (Lipinski definition) is 0. The number of nitrogens with zero attached hydrogens (tertiary/aromatic N) is 2. The van der Waals surface area contributed by atoms with Crippen LogP contribution in [0.25, 0.3) is 0 Å². The van der Waals surface area contributed by atoms with E-state index in [0.717, 1.165) is 9.80 Å². The normalized spacial score (nSPS) is 20.0. The predicted octanol–water partition coefficient (Wildman–Crippen LogP) is 3.85. The van der Waals surface area contributed by atoms with E-state index in [-0.39, 0.29) is 27.8 Å². The van der Waals surface area contributed by atoms with Crippen LogP contribution in [0.1, 0.15) is 36.6 Å². The number of Topliss-reactive ketones (excluding diaryl/α,β-unsaturated/α-hetero) is 1. The molecule has 4 amide bonds. The van der Waals surface area contributed by atoms with E-state index in [1.165, 1.54) is 24.3 Å². The standard InChI is InChI=1S/C31H20N2O6/c1-17-12-23-25(30(38)32(28(23)36)19-8-4-2-5-9-19)14-21(17)27(35)22-15-26-24(13-18(22)16-34)29(37)33(31(26)39)20-10-6-3-7-11-20/h2-16,18,22H,1H3. The first-order chi connectivity index (χ1) is 18.8. The van der Waals surface area contributed by atoms with Gasteiger partial charge in [-0.05, 0) is 48.9 Å². The van der Waals surface area contributed by atoms with E-state index < -0.39 is 41.2 Å². The average Bonchev–Trinajstić information content (AvgIpc) is 3.35. The molecule has 0 N–H and O–H groups in total. The molecule has 0 aromatic heterocycles. The van der Waals surface area contributed by atoms with E-state index in [9.17, 15) is 28.8 Å². The summed E-state index contributed by atoms with van der Waals surface area (Å²) in [5.41, 5.74) is 1.81. The Hall–Kier alpha value is -5.24. The second-order valence-electron chi connectivity index (χ2n) is 9.54. The lowest BCUT2D eigenvalue weighted by Gasteiger charge is -2.21. The summed E-state index contributed by atoms with van der Waals surface area (Å²) < 4.78 is 0. The molecule has 1 fully saturated rings. The van der Waals surface area contributed by atoms with Gasteiger partial charge in [0.05, 0.1) is 28.4 Å². The third-order valence-corrected chi connectivity index (χ3v) is 7.26. The fourth-order valence-corrected chi connectivity index (χ4v) is 5.31. The average molecular weight is 517 g/mol. The molecule has 0 saturated carbocycles. The van der Waals surface area contributed by atoms with Crippen molar-refractivity contribution >= 4 is 47.1 Å². The van der Waals surface area contributed by atoms with Gasteiger partial charge in [-0.15, -0.1) is 0 Å². The molecule has 0 radical (unpaired) electrons. The Kier molecular flexibility index (Phi) is 5.54. The van der Waals surface area contributed by atoms with Crippen LogP contribution >= 0.6 is 0 Å². The van der Waals surface area contributed by atoms with E-state index in [2.05, 4.69) is 0 Å². The summed E-state index contributed by atoms with van der Waals surface area (Å²) >= 11 is 0. The maximum atomic E-state index is 13.8. The van der Waals surface area contributed by atoms with Crippen LogP contribution in [0, 0.1) is 18.8 Å². The number of aryl methyl sites for hydroxylation is 1. The second kappa shape index (κ2) is 8.95. The summed E-state index contributed by atoms with van der Waals surface area (Å²) in [6, 6.07) is 19.8. The van der Waals surface area contributed by atoms with E-state index in [1.54, 1.807) is 67.6 Å². The fraction of sp³-hybridized carbons (Fsp3) is 0.0968. The molecule has 3 aromatic carbocycles. The predicted molar refractivity (Wildman–Crippen MR) is 141 cm³/mol. The van der Waals surface area contributed by atoms with Crippen molar-refractivity contribution in [2.45, 2.75) is 6.92 Å². The Morgan fingerprint density at radius 2 is 1.18 bits per heavy atom. The fourth-order valence-electron chi connectivity index (χ4n) is 5.31. The summed E-state index contributed by atoms with van der Waals surface area (Å²) in [6.45, 7) is 1.64. The lowest BCUT2D eigenvalue weighted by atomic mass is 9.78. The van der Waals surface area contributed by atoms with Gasteiger partial charge in [-0.2, -0.15) is 0 Å². The first kappa shape index (κ1) is 24.1. The number of para-hydroxylation sites is 2. The van der Waals surface area contributed by atoms with E-state index in [1.807, 2.05) is 0 Å². The van der Waals surface area contributed by atoms with Gasteiger partial charge in [0, 0.05) is 22.6 Å². The molecular formula is C31H20N2O6. The van der Waals surface area contributed by atoms with Crippen LogP contribution in [0.3, 0.4) is 0 Å². The van der Waals surface area contributed by atoms with Crippen molar-refractivity contribution in [3.63, 3.8) is 0 Å². The lowest BCUT2D eigenvalue weighted by Crippen LogP contribution is -2.29. The maximum Gasteiger partial charge on any atom is 0.266 e. The highest BCUT2D eigenvalue weighted by Crippen LogP contribution is 2.38. The number of aldehydes is 1. The molecule has 39 heavy (non-hydrogen) atoms. The highest BCUT2D eigenvalue weighted by molar-refractivity contribution is 6.38. The van der Waals surface area contributed by atoms with Crippen molar-refractivity contribution in [2.75, 3.05) is 9.80 Å². The van der Waals surface area contributed by atoms with Crippen molar-refractivity contribution in [3.05, 3.63) is 118 Å². The summed E-state index contributed by atoms with van der Waals surface area (Å²) in [5, 5.41) is 0. The van der Waals surface area contributed by atoms with Crippen LogP contribution in [0.15, 0.2) is 96.1 Å². The molecule has 2 atom stereocenters. The van der Waals surface area contributed by atoms with Gasteiger partial charge < -0.3 is 4.79 Å². The number of allylic oxidation sites excluding steroid dienone is 2. The van der Waals surface area contributed by atoms with Gasteiger partial charge in [0.15, 0.2) is 5.78 Å². The molecule has 8 heteroatoms. The van der Waals surface area contributed by atoms with Crippen LogP contribution in [-0.4, -0.2) is 35.7 Å². The third-order valence-electron chi connectivity index (χ3n) is 7.26. The third kappa shape index (κ3) is 3.60. The Labute approximate surface area is 222 Å². The van der Waals surface area contributed by atoms with Crippen molar-refractivity contribution in [1.82, 2.24) is 0 Å². The smallest absolute Gasteiger partial charge is 0.266 e.